The summed E-state index contributed by atoms with van der Waals surface area (Å²) in [6.07, 6.45) is 1.37. The van der Waals surface area contributed by atoms with Gasteiger partial charge in [0.2, 0.25) is 0 Å². The van der Waals surface area contributed by atoms with Crippen molar-refractivity contribution in [3.8, 4) is 0 Å². The number of Topliss-reactive ketones (excluding diaryl/α,β-unsaturated/α-hetero) is 2. The van der Waals surface area contributed by atoms with Crippen molar-refractivity contribution in [1.82, 2.24) is 0 Å². The number of carbonyl (C=O) groups excluding carboxylic acids is 2. The van der Waals surface area contributed by atoms with E-state index in [2.05, 4.69) is 5.32 Å². The maximum absolute atomic E-state index is 13.4. The molecule has 2 aromatic carbocycles. The predicted octanol–water partition coefficient (Wildman–Crippen LogP) is -0.789. The molecule has 3 N–H and O–H groups in total. The van der Waals surface area contributed by atoms with E-state index in [1.54, 1.807) is 19.1 Å². The molecule has 35 heavy (non-hydrogen) atoms. The van der Waals surface area contributed by atoms with Crippen LogP contribution in [0.15, 0.2) is 75.8 Å². The van der Waals surface area contributed by atoms with E-state index in [1.807, 2.05) is 0 Å². The number of hydrogen-bond donors (Lipinski definition) is 2. The number of benzene rings is 2. The van der Waals surface area contributed by atoms with Crippen molar-refractivity contribution in [3.63, 3.8) is 0 Å². The van der Waals surface area contributed by atoms with Crippen molar-refractivity contribution in [1.29, 1.82) is 0 Å². The zero-order chi connectivity index (χ0) is 24.8. The van der Waals surface area contributed by atoms with E-state index in [1.165, 1.54) is 36.4 Å². The smallest absolute Gasteiger partial charge is 0.744 e. The summed E-state index contributed by atoms with van der Waals surface area (Å²) < 4.78 is 60.7. The molecule has 12 heteroatoms. The zero-order valence-corrected chi connectivity index (χ0v) is 22.6. The molecule has 0 radical (unpaired) electrons. The van der Waals surface area contributed by atoms with Crippen LogP contribution in [0, 0.1) is 11.8 Å². The summed E-state index contributed by atoms with van der Waals surface area (Å²) in [7, 11) is -8.63. The van der Waals surface area contributed by atoms with Gasteiger partial charge in [-0.2, -0.15) is 0 Å². The number of carbonyl (C=O) groups is 2. The SMILES string of the molecule is CCCS(=O)(=O)c1cccc(NC2=CC(S(=O)(=O)[O-])=C(N)C3C(=O)c4ccccc4C(=O)C23)c1.[Na+]. The van der Waals surface area contributed by atoms with Gasteiger partial charge in [-0.05, 0) is 30.7 Å². The van der Waals surface area contributed by atoms with Crippen LogP contribution in [0.1, 0.15) is 34.1 Å². The number of anilines is 1. The molecule has 0 aliphatic heterocycles. The Kier molecular flexibility index (Phi) is 7.80. The van der Waals surface area contributed by atoms with Crippen LogP contribution in [0.5, 0.6) is 0 Å². The van der Waals surface area contributed by atoms with Gasteiger partial charge in [0.05, 0.1) is 27.4 Å². The van der Waals surface area contributed by atoms with Crippen molar-refractivity contribution in [2.24, 2.45) is 17.6 Å². The first kappa shape index (κ1) is 27.3. The summed E-state index contributed by atoms with van der Waals surface area (Å²) in [5.41, 5.74) is 5.94. The first-order chi connectivity index (χ1) is 16.0. The third-order valence-electron chi connectivity index (χ3n) is 5.82. The van der Waals surface area contributed by atoms with Gasteiger partial charge >= 0.3 is 29.6 Å². The summed E-state index contributed by atoms with van der Waals surface area (Å²) in [5, 5.41) is 2.87. The quantitative estimate of drug-likeness (QED) is 0.364. The van der Waals surface area contributed by atoms with Crippen LogP contribution in [0.2, 0.25) is 0 Å². The molecular formula is C23H21N2NaO7S2. The van der Waals surface area contributed by atoms with Crippen molar-refractivity contribution >= 4 is 37.2 Å². The van der Waals surface area contributed by atoms with Gasteiger partial charge in [-0.3, -0.25) is 9.59 Å². The number of rotatable bonds is 6. The Labute approximate surface area is 225 Å². The van der Waals surface area contributed by atoms with Gasteiger partial charge in [-0.25, -0.2) is 16.8 Å². The number of ketones is 2. The van der Waals surface area contributed by atoms with Crippen LogP contribution < -0.4 is 40.6 Å². The summed E-state index contributed by atoms with van der Waals surface area (Å²) >= 11 is 0. The van der Waals surface area contributed by atoms with E-state index in [0.29, 0.717) is 6.42 Å². The van der Waals surface area contributed by atoms with Crippen LogP contribution in [-0.4, -0.2) is 38.7 Å². The Morgan fingerprint density at radius 1 is 0.943 bits per heavy atom. The molecule has 0 saturated heterocycles. The first-order valence-corrected chi connectivity index (χ1v) is 13.5. The maximum atomic E-state index is 13.4. The fourth-order valence-corrected chi connectivity index (χ4v) is 6.36. The minimum atomic E-state index is -5.08. The second-order valence-electron chi connectivity index (χ2n) is 8.07. The van der Waals surface area contributed by atoms with Gasteiger partial charge in [-0.15, -0.1) is 0 Å². The largest absolute Gasteiger partial charge is 1.00 e. The Bertz CT molecular complexity index is 1500. The molecule has 0 fully saturated rings. The van der Waals surface area contributed by atoms with E-state index in [9.17, 15) is 31.0 Å². The van der Waals surface area contributed by atoms with Gasteiger partial charge in [0.15, 0.2) is 21.4 Å². The number of fused-ring (bicyclic) bond motifs is 2. The summed E-state index contributed by atoms with van der Waals surface area (Å²) in [4.78, 5) is 25.9. The van der Waals surface area contributed by atoms with Gasteiger partial charge in [0, 0.05) is 28.2 Å². The summed E-state index contributed by atoms with van der Waals surface area (Å²) in [6, 6.07) is 11.9. The van der Waals surface area contributed by atoms with Crippen molar-refractivity contribution in [2.75, 3.05) is 11.1 Å². The molecule has 2 aliphatic rings. The Morgan fingerprint density at radius 3 is 2.11 bits per heavy atom. The van der Waals surface area contributed by atoms with Gasteiger partial charge in [0.1, 0.15) is 10.1 Å². The molecule has 2 atom stereocenters. The molecule has 0 aromatic heterocycles. The van der Waals surface area contributed by atoms with Crippen molar-refractivity contribution in [3.05, 3.63) is 82.0 Å². The fourth-order valence-electron chi connectivity index (χ4n) is 4.31. The molecule has 0 amide bonds. The normalized spacial score (nSPS) is 19.9. The topological polar surface area (TPSA) is 164 Å². The first-order valence-electron chi connectivity index (χ1n) is 10.4. The molecule has 2 aliphatic carbocycles. The molecule has 0 bridgehead atoms. The third-order valence-corrected chi connectivity index (χ3v) is 8.63. The summed E-state index contributed by atoms with van der Waals surface area (Å²) in [6.45, 7) is 1.73. The number of nitrogens with one attached hydrogen (secondary N) is 1. The Balaban J connectivity index is 0.00000342. The average Bonchev–Trinajstić information content (AvgIpc) is 2.77. The van der Waals surface area contributed by atoms with Crippen molar-refractivity contribution in [2.45, 2.75) is 18.2 Å². The van der Waals surface area contributed by atoms with Gasteiger partial charge in [0.25, 0.3) is 0 Å². The molecule has 178 valence electrons. The minimum absolute atomic E-state index is 0. The van der Waals surface area contributed by atoms with Gasteiger partial charge < -0.3 is 15.6 Å². The molecule has 9 nitrogen and oxygen atoms in total. The molecule has 0 heterocycles. The number of allylic oxidation sites excluding steroid dienone is 3. The van der Waals surface area contributed by atoms with E-state index in [4.69, 9.17) is 5.73 Å². The van der Waals surface area contributed by atoms with E-state index in [-0.39, 0.29) is 62.7 Å². The van der Waals surface area contributed by atoms with Crippen LogP contribution in [0.25, 0.3) is 0 Å². The number of sulfone groups is 1. The third kappa shape index (κ3) is 5.02. The molecule has 4 rings (SSSR count). The molecular weight excluding hydrogens is 503 g/mol. The monoisotopic (exact) mass is 524 g/mol. The Morgan fingerprint density at radius 2 is 1.54 bits per heavy atom. The predicted molar refractivity (Wildman–Crippen MR) is 123 cm³/mol. The average molecular weight is 525 g/mol. The maximum Gasteiger partial charge on any atom is 1.00 e. The number of hydrogen-bond acceptors (Lipinski definition) is 9. The molecule has 2 unspecified atom stereocenters. The summed E-state index contributed by atoms with van der Waals surface area (Å²) in [5.74, 6) is -3.71. The van der Waals surface area contributed by atoms with Crippen LogP contribution in [-0.2, 0) is 20.0 Å². The second-order valence-corrected chi connectivity index (χ2v) is 11.5. The van der Waals surface area contributed by atoms with E-state index in [0.717, 1.165) is 6.08 Å². The Hall–Kier alpha value is -2.28. The van der Waals surface area contributed by atoms with Crippen LogP contribution in [0.3, 0.4) is 0 Å². The fraction of sp³-hybridized carbons (Fsp3) is 0.217. The van der Waals surface area contributed by atoms with Crippen LogP contribution >= 0.6 is 0 Å². The van der Waals surface area contributed by atoms with Crippen LogP contribution in [0.4, 0.5) is 5.69 Å². The molecule has 0 spiro atoms. The second kappa shape index (κ2) is 10.00. The standard InChI is InChI=1S/C23H22N2O7S2.Na/c1-2-10-33(28,29)14-7-5-6-13(11-14)25-17-12-18(34(30,31)32)21(24)20-19(17)22(26)15-8-3-4-9-16(15)23(20)27;/h3-9,11-12,19-20,25H,2,10,24H2,1H3,(H,30,31,32);/q;+1/p-1. The molecule has 2 aromatic rings. The zero-order valence-electron chi connectivity index (χ0n) is 19.0. The number of nitrogens with two attached hydrogens (primary N) is 1. The minimum Gasteiger partial charge on any atom is -0.744 e. The van der Waals surface area contributed by atoms with E-state index < -0.39 is 54.0 Å². The van der Waals surface area contributed by atoms with Crippen molar-refractivity contribution < 1.29 is 60.5 Å². The van der Waals surface area contributed by atoms with Gasteiger partial charge in [-0.1, -0.05) is 37.3 Å². The molecule has 0 saturated carbocycles. The van der Waals surface area contributed by atoms with E-state index >= 15 is 0 Å².